The Hall–Kier alpha value is -2.08. The number of aromatic nitrogens is 1. The van der Waals surface area contributed by atoms with Gasteiger partial charge in [0.05, 0.1) is 22.8 Å². The van der Waals surface area contributed by atoms with E-state index >= 15 is 0 Å². The highest BCUT2D eigenvalue weighted by Gasteiger charge is 2.35. The highest BCUT2D eigenvalue weighted by molar-refractivity contribution is 7.17. The lowest BCUT2D eigenvalue weighted by atomic mass is 9.78. The zero-order valence-corrected chi connectivity index (χ0v) is 13.9. The molecule has 0 saturated heterocycles. The van der Waals surface area contributed by atoms with E-state index in [9.17, 15) is 9.90 Å². The van der Waals surface area contributed by atoms with Crippen molar-refractivity contribution in [1.82, 2.24) is 4.98 Å². The molecule has 1 N–H and O–H groups in total. The molecule has 0 spiro atoms. The number of carbonyl (C=O) groups is 1. The van der Waals surface area contributed by atoms with Crippen LogP contribution in [0.15, 0.2) is 18.2 Å². The summed E-state index contributed by atoms with van der Waals surface area (Å²) >= 11 is 1.45. The lowest BCUT2D eigenvalue weighted by Crippen LogP contribution is -2.28. The summed E-state index contributed by atoms with van der Waals surface area (Å²) in [5.41, 5.74) is 1.67. The van der Waals surface area contributed by atoms with Gasteiger partial charge in [0.1, 0.15) is 18.1 Å². The Morgan fingerprint density at radius 1 is 1.35 bits per heavy atom. The zero-order valence-electron chi connectivity index (χ0n) is 13.1. The summed E-state index contributed by atoms with van der Waals surface area (Å²) in [5.74, 6) is 1.11. The number of nitrogens with zero attached hydrogens (tertiary/aromatic N) is 2. The lowest BCUT2D eigenvalue weighted by Gasteiger charge is -2.29. The molecule has 1 aromatic heterocycles. The molecule has 0 bridgehead atoms. The topological polar surface area (TPSA) is 62.7 Å². The minimum absolute atomic E-state index is 0.0311. The summed E-state index contributed by atoms with van der Waals surface area (Å²) in [6.07, 6.45) is 1.39. The molecule has 0 fully saturated rings. The van der Waals surface area contributed by atoms with Crippen molar-refractivity contribution in [2.45, 2.75) is 26.7 Å². The van der Waals surface area contributed by atoms with Gasteiger partial charge in [-0.25, -0.2) is 4.98 Å². The summed E-state index contributed by atoms with van der Waals surface area (Å²) in [6.45, 7) is 5.42. The van der Waals surface area contributed by atoms with Crippen molar-refractivity contribution in [2.75, 3.05) is 18.1 Å². The van der Waals surface area contributed by atoms with Crippen molar-refractivity contribution >= 4 is 27.9 Å². The number of phenols is 1. The first-order valence-electron chi connectivity index (χ1n) is 7.69. The van der Waals surface area contributed by atoms with Gasteiger partial charge < -0.3 is 14.7 Å². The Kier molecular flexibility index (Phi) is 3.13. The lowest BCUT2D eigenvalue weighted by molar-refractivity contribution is 0.0916. The molecule has 1 aromatic carbocycles. The number of aromatic hydroxyl groups is 1. The van der Waals surface area contributed by atoms with Crippen molar-refractivity contribution in [3.05, 3.63) is 28.8 Å². The molecule has 1 aliphatic carbocycles. The van der Waals surface area contributed by atoms with Gasteiger partial charge in [-0.05, 0) is 24.0 Å². The first-order valence-corrected chi connectivity index (χ1v) is 8.51. The number of carbonyl (C=O) groups excluding carboxylic acids is 1. The molecule has 23 heavy (non-hydrogen) atoms. The maximum Gasteiger partial charge on any atom is 0.190 e. The van der Waals surface area contributed by atoms with E-state index in [0.29, 0.717) is 19.6 Å². The number of ketones is 1. The van der Waals surface area contributed by atoms with Crippen LogP contribution in [0, 0.1) is 5.41 Å². The van der Waals surface area contributed by atoms with Gasteiger partial charge in [0.25, 0.3) is 0 Å². The van der Waals surface area contributed by atoms with Crippen LogP contribution in [-0.4, -0.2) is 29.0 Å². The fraction of sp³-hybridized carbons (Fsp3) is 0.412. The monoisotopic (exact) mass is 330 g/mol. The number of ether oxygens (including phenoxy) is 1. The summed E-state index contributed by atoms with van der Waals surface area (Å²) in [7, 11) is 0. The van der Waals surface area contributed by atoms with Gasteiger partial charge in [-0.1, -0.05) is 25.2 Å². The largest absolute Gasteiger partial charge is 0.508 e. The van der Waals surface area contributed by atoms with E-state index in [1.807, 2.05) is 4.90 Å². The number of Topliss-reactive ketones (excluding diaryl/α,β-unsaturated/α-hetero) is 1. The maximum absolute atomic E-state index is 12.4. The van der Waals surface area contributed by atoms with Crippen molar-refractivity contribution in [2.24, 2.45) is 5.41 Å². The highest BCUT2D eigenvalue weighted by Crippen LogP contribution is 2.44. The summed E-state index contributed by atoms with van der Waals surface area (Å²) in [5, 5.41) is 10.6. The molecular weight excluding hydrogens is 312 g/mol. The Labute approximate surface area is 138 Å². The van der Waals surface area contributed by atoms with Crippen molar-refractivity contribution in [3.63, 3.8) is 0 Å². The van der Waals surface area contributed by atoms with Gasteiger partial charge in [0.2, 0.25) is 0 Å². The van der Waals surface area contributed by atoms with E-state index in [-0.39, 0.29) is 16.9 Å². The summed E-state index contributed by atoms with van der Waals surface area (Å²) < 4.78 is 5.64. The summed E-state index contributed by atoms with van der Waals surface area (Å²) in [4.78, 5) is 19.9. The first kappa shape index (κ1) is 14.5. The number of anilines is 2. The average Bonchev–Trinajstić information content (AvgIpc) is 2.89. The molecule has 0 radical (unpaired) electrons. The quantitative estimate of drug-likeness (QED) is 0.866. The maximum atomic E-state index is 12.4. The van der Waals surface area contributed by atoms with Crippen LogP contribution in [0.1, 0.15) is 35.6 Å². The Balaban J connectivity index is 1.77. The van der Waals surface area contributed by atoms with Gasteiger partial charge in [-0.3, -0.25) is 4.79 Å². The molecule has 2 aliphatic rings. The smallest absolute Gasteiger partial charge is 0.190 e. The number of thiazole rings is 1. The van der Waals surface area contributed by atoms with Gasteiger partial charge in [0.15, 0.2) is 10.9 Å². The van der Waals surface area contributed by atoms with Crippen LogP contribution in [-0.2, 0) is 6.42 Å². The Morgan fingerprint density at radius 3 is 3.00 bits per heavy atom. The number of fused-ring (bicyclic) bond motifs is 2. The third kappa shape index (κ3) is 2.47. The molecule has 4 rings (SSSR count). The predicted molar refractivity (Wildman–Crippen MR) is 89.2 cm³/mol. The van der Waals surface area contributed by atoms with E-state index in [0.717, 1.165) is 33.6 Å². The van der Waals surface area contributed by atoms with E-state index in [2.05, 4.69) is 13.8 Å². The fourth-order valence-electron chi connectivity index (χ4n) is 3.23. The van der Waals surface area contributed by atoms with Crippen LogP contribution in [0.2, 0.25) is 0 Å². The van der Waals surface area contributed by atoms with Crippen LogP contribution in [0.3, 0.4) is 0 Å². The van der Waals surface area contributed by atoms with E-state index < -0.39 is 0 Å². The van der Waals surface area contributed by atoms with Crippen LogP contribution < -0.4 is 9.64 Å². The van der Waals surface area contributed by atoms with Crippen molar-refractivity contribution in [1.29, 1.82) is 0 Å². The third-order valence-corrected chi connectivity index (χ3v) is 5.42. The number of phenolic OH excluding ortho intramolecular Hbond substituents is 1. The molecule has 6 heteroatoms. The first-order chi connectivity index (χ1) is 10.9. The molecule has 5 nitrogen and oxygen atoms in total. The number of rotatable bonds is 1. The molecular formula is C17H18N2O3S. The van der Waals surface area contributed by atoms with Gasteiger partial charge in [0, 0.05) is 12.5 Å². The second-order valence-electron chi connectivity index (χ2n) is 6.87. The standard InChI is InChI=1S/C17H18N2O3S/c1-17(2)8-11-15(13(21)9-17)23-16(18-11)19-5-6-22-14-4-3-10(20)7-12(14)19/h3-4,7,20H,5-6,8-9H2,1-2H3. The molecule has 0 atom stereocenters. The molecule has 0 saturated carbocycles. The predicted octanol–water partition coefficient (Wildman–Crippen LogP) is 3.53. The zero-order chi connectivity index (χ0) is 16.2. The van der Waals surface area contributed by atoms with E-state index in [1.165, 1.54) is 11.3 Å². The van der Waals surface area contributed by atoms with Crippen LogP contribution >= 0.6 is 11.3 Å². The second-order valence-corrected chi connectivity index (χ2v) is 7.84. The normalized spacial score (nSPS) is 19.0. The molecule has 120 valence electrons. The van der Waals surface area contributed by atoms with Crippen LogP contribution in [0.5, 0.6) is 11.5 Å². The van der Waals surface area contributed by atoms with Crippen molar-refractivity contribution < 1.29 is 14.6 Å². The van der Waals surface area contributed by atoms with E-state index in [1.54, 1.807) is 18.2 Å². The molecule has 0 amide bonds. The molecule has 1 aliphatic heterocycles. The van der Waals surface area contributed by atoms with Crippen LogP contribution in [0.4, 0.5) is 10.8 Å². The van der Waals surface area contributed by atoms with Crippen LogP contribution in [0.25, 0.3) is 0 Å². The SMILES string of the molecule is CC1(C)CC(=O)c2sc(N3CCOc4ccc(O)cc43)nc2C1. The Bertz CT molecular complexity index is 797. The average molecular weight is 330 g/mol. The Morgan fingerprint density at radius 2 is 2.17 bits per heavy atom. The second kappa shape index (κ2) is 4.96. The van der Waals surface area contributed by atoms with E-state index in [4.69, 9.17) is 9.72 Å². The third-order valence-electron chi connectivity index (χ3n) is 4.26. The van der Waals surface area contributed by atoms with Crippen molar-refractivity contribution in [3.8, 4) is 11.5 Å². The highest BCUT2D eigenvalue weighted by atomic mass is 32.1. The minimum atomic E-state index is -0.0311. The fourth-order valence-corrected chi connectivity index (χ4v) is 4.29. The molecule has 2 aromatic rings. The molecule has 0 unspecified atom stereocenters. The van der Waals surface area contributed by atoms with Gasteiger partial charge in [-0.2, -0.15) is 0 Å². The number of hydrogen-bond acceptors (Lipinski definition) is 6. The summed E-state index contributed by atoms with van der Waals surface area (Å²) in [6, 6.07) is 5.06. The van der Waals surface area contributed by atoms with Gasteiger partial charge in [-0.15, -0.1) is 0 Å². The molecule has 2 heterocycles. The number of hydrogen-bond donors (Lipinski definition) is 1. The van der Waals surface area contributed by atoms with Gasteiger partial charge >= 0.3 is 0 Å². The minimum Gasteiger partial charge on any atom is -0.508 e. The number of benzene rings is 1.